The lowest BCUT2D eigenvalue weighted by molar-refractivity contribution is -0.114. The summed E-state index contributed by atoms with van der Waals surface area (Å²) in [5, 5.41) is -0.886. The Kier molecular flexibility index (Phi) is 5.41. The molecular weight excluding hydrogens is 247 g/mol. The van der Waals surface area contributed by atoms with E-state index in [1.165, 1.54) is 0 Å². The molecule has 1 unspecified atom stereocenters. The Morgan fingerprint density at radius 1 is 1.36 bits per heavy atom. The second-order valence-corrected chi connectivity index (χ2v) is 6.38. The molecule has 0 aliphatic carbocycles. The molecule has 0 spiro atoms. The van der Waals surface area contributed by atoms with E-state index in [1.807, 2.05) is 6.92 Å². The van der Waals surface area contributed by atoms with Crippen LogP contribution in [-0.2, 0) is 13.8 Å². The van der Waals surface area contributed by atoms with Gasteiger partial charge in [0.05, 0.1) is 0 Å². The Morgan fingerprint density at radius 2 is 1.86 bits per heavy atom. The van der Waals surface area contributed by atoms with Gasteiger partial charge < -0.3 is 0 Å². The minimum atomic E-state index is -3.96. The maximum absolute atomic E-state index is 11.3. The second-order valence-electron chi connectivity index (χ2n) is 3.16. The highest BCUT2D eigenvalue weighted by molar-refractivity contribution is 8.15. The Hall–Kier alpha value is 0.200. The Balaban J connectivity index is 5.11. The van der Waals surface area contributed by atoms with Gasteiger partial charge in [-0.1, -0.05) is 26.7 Å². The summed E-state index contributed by atoms with van der Waals surface area (Å²) in [5.74, 6) is 0. The number of hydrogen-bond donors (Lipinski definition) is 0. The number of rotatable bonds is 6. The second kappa shape index (κ2) is 5.33. The van der Waals surface area contributed by atoms with Crippen molar-refractivity contribution in [1.82, 2.24) is 0 Å². The standard InChI is InChI=1S/C8H14Cl2O3S/c1-3-5-6-8(4-2,7(9)11)14(10,12)13/h3-6H2,1-2H3. The molecule has 0 aliphatic rings. The van der Waals surface area contributed by atoms with E-state index in [-0.39, 0.29) is 12.8 Å². The highest BCUT2D eigenvalue weighted by atomic mass is 35.7. The van der Waals surface area contributed by atoms with Gasteiger partial charge in [0.2, 0.25) is 14.3 Å². The SMILES string of the molecule is CCCCC(CC)(C(=O)Cl)S(=O)(=O)Cl. The van der Waals surface area contributed by atoms with Gasteiger partial charge in [0.15, 0.2) is 4.75 Å². The smallest absolute Gasteiger partial charge is 0.246 e. The quantitative estimate of drug-likeness (QED) is 0.690. The van der Waals surface area contributed by atoms with E-state index in [0.717, 1.165) is 6.42 Å². The van der Waals surface area contributed by atoms with Crippen molar-refractivity contribution in [3.63, 3.8) is 0 Å². The molecule has 1 atom stereocenters. The molecule has 0 saturated heterocycles. The van der Waals surface area contributed by atoms with E-state index >= 15 is 0 Å². The van der Waals surface area contributed by atoms with Gasteiger partial charge in [-0.2, -0.15) is 0 Å². The van der Waals surface area contributed by atoms with Crippen molar-refractivity contribution in [3.8, 4) is 0 Å². The summed E-state index contributed by atoms with van der Waals surface area (Å²) in [6.07, 6.45) is 1.70. The lowest BCUT2D eigenvalue weighted by atomic mass is 10.00. The van der Waals surface area contributed by atoms with Crippen LogP contribution < -0.4 is 0 Å². The van der Waals surface area contributed by atoms with E-state index in [2.05, 4.69) is 0 Å². The minimum absolute atomic E-state index is 0.112. The van der Waals surface area contributed by atoms with Crippen molar-refractivity contribution >= 4 is 36.6 Å². The van der Waals surface area contributed by atoms with Gasteiger partial charge in [-0.25, -0.2) is 8.42 Å². The largest absolute Gasteiger partial charge is 0.279 e. The number of carbonyl (C=O) groups is 1. The third kappa shape index (κ3) is 2.84. The predicted molar refractivity (Wildman–Crippen MR) is 58.2 cm³/mol. The molecule has 0 aromatic heterocycles. The van der Waals surface area contributed by atoms with E-state index < -0.39 is 19.0 Å². The van der Waals surface area contributed by atoms with Crippen LogP contribution >= 0.6 is 22.3 Å². The Labute approximate surface area is 94.2 Å². The molecule has 0 amide bonds. The third-order valence-electron chi connectivity index (χ3n) is 2.33. The molecule has 0 aromatic carbocycles. The first-order valence-corrected chi connectivity index (χ1v) is 7.14. The third-order valence-corrected chi connectivity index (χ3v) is 5.30. The molecule has 0 aromatic rings. The molecule has 84 valence electrons. The molecule has 0 heterocycles. The van der Waals surface area contributed by atoms with Crippen LogP contribution in [0.5, 0.6) is 0 Å². The topological polar surface area (TPSA) is 51.2 Å². The molecule has 14 heavy (non-hydrogen) atoms. The Bertz CT molecular complexity index is 300. The molecule has 0 rings (SSSR count). The van der Waals surface area contributed by atoms with Gasteiger partial charge in [0.1, 0.15) is 0 Å². The van der Waals surface area contributed by atoms with Crippen molar-refractivity contribution in [1.29, 1.82) is 0 Å². The van der Waals surface area contributed by atoms with Gasteiger partial charge in [0.25, 0.3) is 0 Å². The fraction of sp³-hybridized carbons (Fsp3) is 0.875. The van der Waals surface area contributed by atoms with Gasteiger partial charge in [-0.15, -0.1) is 0 Å². The van der Waals surface area contributed by atoms with Crippen molar-refractivity contribution < 1.29 is 13.2 Å². The average molecular weight is 261 g/mol. The summed E-state index contributed by atoms with van der Waals surface area (Å²) in [7, 11) is 1.30. The monoisotopic (exact) mass is 260 g/mol. The normalized spacial score (nSPS) is 16.3. The summed E-state index contributed by atoms with van der Waals surface area (Å²) in [6.45, 7) is 3.50. The molecule has 0 aliphatic heterocycles. The van der Waals surface area contributed by atoms with Crippen LogP contribution in [0.4, 0.5) is 0 Å². The first-order chi connectivity index (χ1) is 6.31. The maximum atomic E-state index is 11.3. The van der Waals surface area contributed by atoms with Gasteiger partial charge in [-0.05, 0) is 24.4 Å². The zero-order valence-corrected chi connectivity index (χ0v) is 10.5. The summed E-state index contributed by atoms with van der Waals surface area (Å²) < 4.78 is 21.0. The summed E-state index contributed by atoms with van der Waals surface area (Å²) in [4.78, 5) is 11.2. The van der Waals surface area contributed by atoms with Crippen LogP contribution in [0.15, 0.2) is 0 Å². The zero-order valence-electron chi connectivity index (χ0n) is 8.22. The highest BCUT2D eigenvalue weighted by Gasteiger charge is 2.46. The van der Waals surface area contributed by atoms with E-state index in [4.69, 9.17) is 22.3 Å². The lowest BCUT2D eigenvalue weighted by Gasteiger charge is -2.24. The van der Waals surface area contributed by atoms with E-state index in [1.54, 1.807) is 6.92 Å². The molecule has 3 nitrogen and oxygen atoms in total. The van der Waals surface area contributed by atoms with Crippen LogP contribution in [0.25, 0.3) is 0 Å². The van der Waals surface area contributed by atoms with Crippen LogP contribution in [0.3, 0.4) is 0 Å². The fourth-order valence-corrected chi connectivity index (χ4v) is 3.61. The molecule has 0 radical (unpaired) electrons. The van der Waals surface area contributed by atoms with Crippen LogP contribution in [0, 0.1) is 0 Å². The first-order valence-electron chi connectivity index (χ1n) is 4.46. The van der Waals surface area contributed by atoms with Crippen molar-refractivity contribution in [2.24, 2.45) is 0 Å². The van der Waals surface area contributed by atoms with Gasteiger partial charge in [-0.3, -0.25) is 4.79 Å². The molecule has 0 N–H and O–H groups in total. The summed E-state index contributed by atoms with van der Waals surface area (Å²) in [6, 6.07) is 0. The van der Waals surface area contributed by atoms with Crippen molar-refractivity contribution in [2.75, 3.05) is 0 Å². The van der Waals surface area contributed by atoms with Crippen molar-refractivity contribution in [2.45, 2.75) is 44.3 Å². The average Bonchev–Trinajstić information content (AvgIpc) is 2.03. The molecule has 0 saturated carbocycles. The predicted octanol–water partition coefficient (Wildman–Crippen LogP) is 2.66. The number of hydrogen-bond acceptors (Lipinski definition) is 3. The molecule has 0 fully saturated rings. The molecule has 0 bridgehead atoms. The fourth-order valence-electron chi connectivity index (χ4n) is 1.27. The van der Waals surface area contributed by atoms with Gasteiger partial charge in [0, 0.05) is 10.7 Å². The van der Waals surface area contributed by atoms with Crippen LogP contribution in [0.2, 0.25) is 0 Å². The Morgan fingerprint density at radius 3 is 2.07 bits per heavy atom. The number of carbonyl (C=O) groups excluding carboxylic acids is 1. The minimum Gasteiger partial charge on any atom is -0.279 e. The van der Waals surface area contributed by atoms with Gasteiger partial charge >= 0.3 is 0 Å². The number of halogens is 2. The molecule has 6 heteroatoms. The number of unbranched alkanes of at least 4 members (excludes halogenated alkanes) is 1. The lowest BCUT2D eigenvalue weighted by Crippen LogP contribution is -2.41. The summed E-state index contributed by atoms with van der Waals surface area (Å²) in [5.41, 5.74) is 0. The van der Waals surface area contributed by atoms with E-state index in [0.29, 0.717) is 6.42 Å². The zero-order chi connectivity index (χ0) is 11.4. The van der Waals surface area contributed by atoms with Crippen LogP contribution in [0.1, 0.15) is 39.5 Å². The van der Waals surface area contributed by atoms with E-state index in [9.17, 15) is 13.2 Å². The van der Waals surface area contributed by atoms with Crippen LogP contribution in [-0.4, -0.2) is 18.4 Å². The molecular formula is C8H14Cl2O3S. The summed E-state index contributed by atoms with van der Waals surface area (Å²) >= 11 is 5.32. The maximum Gasteiger partial charge on any atom is 0.246 e. The van der Waals surface area contributed by atoms with Crippen molar-refractivity contribution in [3.05, 3.63) is 0 Å². The highest BCUT2D eigenvalue weighted by Crippen LogP contribution is 2.33. The first kappa shape index (κ1) is 14.2.